The van der Waals surface area contributed by atoms with E-state index in [-0.39, 0.29) is 31.1 Å². The molecule has 444 valence electrons. The number of unbranched alkanes of at least 4 members (excludes halogenated alkanes) is 19. The van der Waals surface area contributed by atoms with Gasteiger partial charge in [-0.15, -0.1) is 0 Å². The van der Waals surface area contributed by atoms with E-state index in [0.717, 1.165) is 154 Å². The van der Waals surface area contributed by atoms with Gasteiger partial charge in [0.2, 0.25) is 0 Å². The molecular formula is C73H116O6. The van der Waals surface area contributed by atoms with E-state index in [1.807, 2.05) is 0 Å². The topological polar surface area (TPSA) is 78.9 Å². The summed E-state index contributed by atoms with van der Waals surface area (Å²) in [6, 6.07) is 0. The maximum absolute atomic E-state index is 12.9. The average Bonchev–Trinajstić information content (AvgIpc) is 3.45. The molecule has 0 saturated carbocycles. The molecule has 0 aliphatic heterocycles. The van der Waals surface area contributed by atoms with E-state index in [0.29, 0.717) is 25.7 Å². The van der Waals surface area contributed by atoms with Crippen molar-refractivity contribution in [2.24, 2.45) is 0 Å². The van der Waals surface area contributed by atoms with Gasteiger partial charge in [0.1, 0.15) is 13.2 Å². The first-order valence-corrected chi connectivity index (χ1v) is 32.0. The third-order valence-corrected chi connectivity index (χ3v) is 13.0. The molecule has 6 heteroatoms. The molecule has 0 aliphatic carbocycles. The molecule has 0 N–H and O–H groups in total. The summed E-state index contributed by atoms with van der Waals surface area (Å²) in [7, 11) is 0. The summed E-state index contributed by atoms with van der Waals surface area (Å²) in [6.07, 6.45) is 95.3. The average molecular weight is 1090 g/mol. The van der Waals surface area contributed by atoms with E-state index >= 15 is 0 Å². The molecular weight excluding hydrogens is 973 g/mol. The molecule has 6 nitrogen and oxygen atoms in total. The highest BCUT2D eigenvalue weighted by Gasteiger charge is 2.19. The van der Waals surface area contributed by atoms with Crippen LogP contribution in [0.5, 0.6) is 0 Å². The molecule has 0 saturated heterocycles. The zero-order chi connectivity index (χ0) is 57.1. The maximum Gasteiger partial charge on any atom is 0.306 e. The van der Waals surface area contributed by atoms with Crippen LogP contribution in [-0.4, -0.2) is 37.2 Å². The van der Waals surface area contributed by atoms with Crippen LogP contribution in [0, 0.1) is 0 Å². The zero-order valence-corrected chi connectivity index (χ0v) is 50.8. The van der Waals surface area contributed by atoms with Crippen LogP contribution in [0.2, 0.25) is 0 Å². The van der Waals surface area contributed by atoms with Crippen molar-refractivity contribution in [1.82, 2.24) is 0 Å². The van der Waals surface area contributed by atoms with E-state index in [9.17, 15) is 14.4 Å². The zero-order valence-electron chi connectivity index (χ0n) is 50.8. The first-order valence-electron chi connectivity index (χ1n) is 32.0. The minimum atomic E-state index is -0.814. The summed E-state index contributed by atoms with van der Waals surface area (Å²) >= 11 is 0. The van der Waals surface area contributed by atoms with Crippen LogP contribution < -0.4 is 0 Å². The van der Waals surface area contributed by atoms with Gasteiger partial charge in [0.25, 0.3) is 0 Å². The molecule has 0 rings (SSSR count). The van der Waals surface area contributed by atoms with Crippen molar-refractivity contribution in [3.8, 4) is 0 Å². The highest BCUT2D eigenvalue weighted by atomic mass is 16.6. The second kappa shape index (κ2) is 65.5. The minimum Gasteiger partial charge on any atom is -0.462 e. The molecule has 0 radical (unpaired) electrons. The van der Waals surface area contributed by atoms with Crippen LogP contribution in [0.3, 0.4) is 0 Å². The predicted octanol–water partition coefficient (Wildman–Crippen LogP) is 22.1. The van der Waals surface area contributed by atoms with Gasteiger partial charge in [0, 0.05) is 19.3 Å². The number of carbonyl (C=O) groups excluding carboxylic acids is 3. The lowest BCUT2D eigenvalue weighted by Crippen LogP contribution is -2.30. The molecule has 0 aliphatic rings. The Morgan fingerprint density at radius 3 is 0.797 bits per heavy atom. The highest BCUT2D eigenvalue weighted by molar-refractivity contribution is 5.71. The Labute approximate surface area is 486 Å². The molecule has 0 aromatic carbocycles. The summed E-state index contributed by atoms with van der Waals surface area (Å²) < 4.78 is 16.9. The van der Waals surface area contributed by atoms with Gasteiger partial charge in [0.15, 0.2) is 6.10 Å². The van der Waals surface area contributed by atoms with Crippen molar-refractivity contribution >= 4 is 17.9 Å². The minimum absolute atomic E-state index is 0.104. The van der Waals surface area contributed by atoms with E-state index in [1.54, 1.807) is 0 Å². The number of carbonyl (C=O) groups is 3. The Kier molecular flexibility index (Phi) is 61.4. The van der Waals surface area contributed by atoms with Crippen molar-refractivity contribution in [2.45, 2.75) is 271 Å². The Morgan fingerprint density at radius 2 is 0.494 bits per heavy atom. The fourth-order valence-corrected chi connectivity index (χ4v) is 8.31. The standard InChI is InChI=1S/C73H116O6/c1-4-7-10-13-16-19-22-25-27-29-31-33-34-35-36-37-38-40-41-43-45-48-51-54-57-60-63-66-72(75)78-69-70(68-77-71(74)65-62-59-56-53-50-47-24-21-18-15-12-9-6-3)79-73(76)67-64-61-58-55-52-49-46-44-42-39-32-30-28-26-23-20-17-14-11-8-5-2/h7-8,10-11,16-17,19-20,25-28,31-33,35-36,38-40,43-46,51,54,70H,4-6,9,12-15,18,21-24,29-30,34,37,41-42,47-50,52-53,55-69H2,1-3H3/b10-7-,11-8-,19-16-,20-17-,27-25-,28-26-,33-31-,36-35-,39-32-,40-38-,45-43-,46-44-,54-51-. The Morgan fingerprint density at radius 1 is 0.266 bits per heavy atom. The van der Waals surface area contributed by atoms with Gasteiger partial charge >= 0.3 is 17.9 Å². The van der Waals surface area contributed by atoms with Gasteiger partial charge in [0.05, 0.1) is 0 Å². The summed E-state index contributed by atoms with van der Waals surface area (Å²) in [5.74, 6) is -0.971. The van der Waals surface area contributed by atoms with E-state index in [1.165, 1.54) is 64.2 Å². The molecule has 0 fully saturated rings. The van der Waals surface area contributed by atoms with Crippen molar-refractivity contribution in [1.29, 1.82) is 0 Å². The second-order valence-electron chi connectivity index (χ2n) is 20.6. The Balaban J connectivity index is 4.49. The number of rotatable bonds is 56. The van der Waals surface area contributed by atoms with Gasteiger partial charge < -0.3 is 14.2 Å². The van der Waals surface area contributed by atoms with E-state index in [2.05, 4.69) is 179 Å². The third-order valence-electron chi connectivity index (χ3n) is 13.0. The van der Waals surface area contributed by atoms with Gasteiger partial charge in [-0.25, -0.2) is 0 Å². The smallest absolute Gasteiger partial charge is 0.306 e. The SMILES string of the molecule is CC/C=C\C/C=C\C/C=C\C/C=C\C/C=C\C/C=C\C/C=C\C/C=C\CCCCC(=O)OCC(COC(=O)CCCCCCCCCCCCCCC)OC(=O)CCCCCCC/C=C\C/C=C\C/C=C\C/C=C\C/C=C\CC. The van der Waals surface area contributed by atoms with Crippen LogP contribution >= 0.6 is 0 Å². The van der Waals surface area contributed by atoms with Gasteiger partial charge in [-0.05, 0) is 128 Å². The van der Waals surface area contributed by atoms with Crippen LogP contribution in [0.25, 0.3) is 0 Å². The lowest BCUT2D eigenvalue weighted by molar-refractivity contribution is -0.167. The summed E-state index contributed by atoms with van der Waals surface area (Å²) in [4.78, 5) is 38.3. The molecule has 1 unspecified atom stereocenters. The largest absolute Gasteiger partial charge is 0.462 e. The first-order chi connectivity index (χ1) is 39.0. The summed E-state index contributed by atoms with van der Waals surface area (Å²) in [5.41, 5.74) is 0. The molecule has 79 heavy (non-hydrogen) atoms. The van der Waals surface area contributed by atoms with Crippen LogP contribution in [-0.2, 0) is 28.6 Å². The molecule has 0 heterocycles. The van der Waals surface area contributed by atoms with Crippen molar-refractivity contribution in [3.63, 3.8) is 0 Å². The van der Waals surface area contributed by atoms with Crippen molar-refractivity contribution in [3.05, 3.63) is 158 Å². The van der Waals surface area contributed by atoms with E-state index in [4.69, 9.17) is 14.2 Å². The fourth-order valence-electron chi connectivity index (χ4n) is 8.31. The van der Waals surface area contributed by atoms with Crippen molar-refractivity contribution in [2.75, 3.05) is 13.2 Å². The molecule has 1 atom stereocenters. The molecule has 0 amide bonds. The molecule has 0 bridgehead atoms. The fraction of sp³-hybridized carbons (Fsp3) is 0.603. The number of hydrogen-bond donors (Lipinski definition) is 0. The van der Waals surface area contributed by atoms with E-state index < -0.39 is 6.10 Å². The Bertz CT molecular complexity index is 1780. The number of hydrogen-bond acceptors (Lipinski definition) is 6. The number of allylic oxidation sites excluding steroid dienone is 26. The quantitative estimate of drug-likeness (QED) is 0.0261. The van der Waals surface area contributed by atoms with Gasteiger partial charge in [-0.3, -0.25) is 14.4 Å². The monoisotopic (exact) mass is 1090 g/mol. The normalized spacial score (nSPS) is 13.2. The molecule has 0 aromatic rings. The number of esters is 3. The van der Waals surface area contributed by atoms with Crippen LogP contribution in [0.4, 0.5) is 0 Å². The second-order valence-corrected chi connectivity index (χ2v) is 20.6. The van der Waals surface area contributed by atoms with Crippen LogP contribution in [0.15, 0.2) is 158 Å². The summed E-state index contributed by atoms with van der Waals surface area (Å²) in [5, 5.41) is 0. The Hall–Kier alpha value is -4.97. The molecule has 0 spiro atoms. The molecule has 0 aromatic heterocycles. The van der Waals surface area contributed by atoms with Gasteiger partial charge in [-0.2, -0.15) is 0 Å². The maximum atomic E-state index is 12.9. The van der Waals surface area contributed by atoms with Crippen molar-refractivity contribution < 1.29 is 28.6 Å². The predicted molar refractivity (Wildman–Crippen MR) is 343 cm³/mol. The lowest BCUT2D eigenvalue weighted by atomic mass is 10.0. The first kappa shape index (κ1) is 74.0. The summed E-state index contributed by atoms with van der Waals surface area (Å²) in [6.45, 7) is 6.36. The number of ether oxygens (including phenoxy) is 3. The third kappa shape index (κ3) is 63.7. The van der Waals surface area contributed by atoms with Crippen LogP contribution in [0.1, 0.15) is 265 Å². The lowest BCUT2D eigenvalue weighted by Gasteiger charge is -2.18. The van der Waals surface area contributed by atoms with Gasteiger partial charge in [-0.1, -0.05) is 275 Å². The highest BCUT2D eigenvalue weighted by Crippen LogP contribution is 2.15.